The van der Waals surface area contributed by atoms with Crippen LogP contribution in [0.15, 0.2) is 126 Å². The summed E-state index contributed by atoms with van der Waals surface area (Å²) in [6.45, 7) is 0. The third-order valence-electron chi connectivity index (χ3n) is 10.0. The normalized spacial score (nSPS) is 15.2. The van der Waals surface area contributed by atoms with E-state index in [-0.39, 0.29) is 5.78 Å². The van der Waals surface area contributed by atoms with E-state index < -0.39 is 5.41 Å². The molecule has 5 aromatic carbocycles. The zero-order valence-electron chi connectivity index (χ0n) is 27.9. The number of hydrogen-bond donors (Lipinski definition) is 0. The maximum atomic E-state index is 15.1. The van der Waals surface area contributed by atoms with Crippen LogP contribution in [0.5, 0.6) is 28.7 Å². The van der Waals surface area contributed by atoms with Crippen LogP contribution in [0, 0.1) is 0 Å². The van der Waals surface area contributed by atoms with Crippen molar-refractivity contribution < 1.29 is 28.5 Å². The molecule has 6 nitrogen and oxygen atoms in total. The minimum Gasteiger partial charge on any atom is -0.497 e. The zero-order chi connectivity index (χ0) is 33.9. The molecule has 242 valence electrons. The van der Waals surface area contributed by atoms with Gasteiger partial charge in [0.1, 0.15) is 28.7 Å². The van der Waals surface area contributed by atoms with Crippen LogP contribution in [-0.2, 0) is 5.41 Å². The van der Waals surface area contributed by atoms with E-state index in [2.05, 4.69) is 54.6 Å². The first-order valence-electron chi connectivity index (χ1n) is 16.0. The summed E-state index contributed by atoms with van der Waals surface area (Å²) in [5.41, 5.74) is 10.1. The average molecular weight is 647 g/mol. The molecule has 0 saturated carbocycles. The number of fused-ring (bicyclic) bond motifs is 5. The van der Waals surface area contributed by atoms with Gasteiger partial charge in [-0.15, -0.1) is 0 Å². The fourth-order valence-electron chi connectivity index (χ4n) is 7.76. The Kier molecular flexibility index (Phi) is 7.18. The van der Waals surface area contributed by atoms with Crippen molar-refractivity contribution in [3.8, 4) is 28.7 Å². The van der Waals surface area contributed by atoms with Gasteiger partial charge in [0.25, 0.3) is 0 Å². The van der Waals surface area contributed by atoms with Gasteiger partial charge in [0.05, 0.1) is 41.0 Å². The first-order chi connectivity index (χ1) is 24.0. The Morgan fingerprint density at radius 3 is 1.45 bits per heavy atom. The quantitative estimate of drug-likeness (QED) is 0.168. The molecule has 0 amide bonds. The topological polar surface area (TPSA) is 63.2 Å². The third-order valence-corrected chi connectivity index (χ3v) is 10.0. The highest BCUT2D eigenvalue weighted by Gasteiger charge is 2.56. The maximum absolute atomic E-state index is 15.1. The predicted octanol–water partition coefficient (Wildman–Crippen LogP) is 8.58. The zero-order valence-corrected chi connectivity index (χ0v) is 27.9. The van der Waals surface area contributed by atoms with Crippen LogP contribution in [0.3, 0.4) is 0 Å². The molecule has 0 radical (unpaired) electrons. The molecular weight excluding hydrogens is 612 g/mol. The lowest BCUT2D eigenvalue weighted by atomic mass is 9.63. The predicted molar refractivity (Wildman–Crippen MR) is 191 cm³/mol. The minimum absolute atomic E-state index is 0.0486. The molecule has 0 fully saturated rings. The number of rotatable bonds is 8. The second kappa shape index (κ2) is 11.6. The summed E-state index contributed by atoms with van der Waals surface area (Å²) in [5, 5.41) is 0. The smallest absolute Gasteiger partial charge is 0.194 e. The van der Waals surface area contributed by atoms with Crippen molar-refractivity contribution >= 4 is 23.0 Å². The molecule has 0 N–H and O–H groups in total. The van der Waals surface area contributed by atoms with Crippen LogP contribution in [0.25, 0.3) is 17.2 Å². The second-order valence-corrected chi connectivity index (χ2v) is 12.2. The Labute approximate surface area is 285 Å². The Bertz CT molecular complexity index is 2190. The minimum atomic E-state index is -0.905. The first-order valence-corrected chi connectivity index (χ1v) is 16.0. The van der Waals surface area contributed by atoms with E-state index >= 15 is 4.79 Å². The lowest BCUT2D eigenvalue weighted by Gasteiger charge is -2.37. The molecule has 0 atom stereocenters. The Morgan fingerprint density at radius 1 is 0.449 bits per heavy atom. The van der Waals surface area contributed by atoms with E-state index in [0.717, 1.165) is 72.9 Å². The van der Waals surface area contributed by atoms with Gasteiger partial charge in [-0.2, -0.15) is 0 Å². The largest absolute Gasteiger partial charge is 0.497 e. The molecule has 0 aliphatic heterocycles. The first kappa shape index (κ1) is 30.3. The van der Waals surface area contributed by atoms with Gasteiger partial charge in [-0.1, -0.05) is 48.5 Å². The number of benzene rings is 5. The molecule has 5 aromatic rings. The van der Waals surface area contributed by atoms with Crippen molar-refractivity contribution in [3.63, 3.8) is 0 Å². The number of Topliss-reactive ketones (excluding diaryl/α,β-unsaturated/α-hetero) is 1. The highest BCUT2D eigenvalue weighted by molar-refractivity contribution is 6.29. The molecule has 0 saturated heterocycles. The van der Waals surface area contributed by atoms with Crippen molar-refractivity contribution in [2.75, 3.05) is 35.5 Å². The van der Waals surface area contributed by atoms with E-state index in [1.165, 1.54) is 0 Å². The number of hydrogen-bond acceptors (Lipinski definition) is 6. The summed E-state index contributed by atoms with van der Waals surface area (Å²) < 4.78 is 28.2. The second-order valence-electron chi connectivity index (χ2n) is 12.2. The van der Waals surface area contributed by atoms with Crippen molar-refractivity contribution in [2.24, 2.45) is 0 Å². The lowest BCUT2D eigenvalue weighted by molar-refractivity contribution is 0.103. The van der Waals surface area contributed by atoms with Gasteiger partial charge in [-0.05, 0) is 122 Å². The highest BCUT2D eigenvalue weighted by Crippen LogP contribution is 2.66. The van der Waals surface area contributed by atoms with E-state index in [0.29, 0.717) is 22.6 Å². The number of carbonyl (C=O) groups is 1. The molecule has 0 unspecified atom stereocenters. The molecule has 49 heavy (non-hydrogen) atoms. The third kappa shape index (κ3) is 4.37. The highest BCUT2D eigenvalue weighted by atomic mass is 16.5. The number of methoxy groups -OCH3 is 5. The monoisotopic (exact) mass is 646 g/mol. The van der Waals surface area contributed by atoms with Gasteiger partial charge in [0.15, 0.2) is 5.78 Å². The van der Waals surface area contributed by atoms with Crippen molar-refractivity contribution in [3.05, 3.63) is 165 Å². The van der Waals surface area contributed by atoms with Gasteiger partial charge in [-0.3, -0.25) is 4.79 Å². The Balaban J connectivity index is 1.58. The summed E-state index contributed by atoms with van der Waals surface area (Å²) >= 11 is 0. The lowest BCUT2D eigenvalue weighted by Crippen LogP contribution is -2.32. The summed E-state index contributed by atoms with van der Waals surface area (Å²) in [7, 11) is 8.29. The number of allylic oxidation sites excluding steroid dienone is 4. The molecule has 8 rings (SSSR count). The van der Waals surface area contributed by atoms with Gasteiger partial charge in [0, 0.05) is 11.1 Å². The number of ether oxygens (including phenoxy) is 5. The summed E-state index contributed by atoms with van der Waals surface area (Å²) in [4.78, 5) is 15.1. The summed E-state index contributed by atoms with van der Waals surface area (Å²) in [6.07, 6.45) is 2.18. The van der Waals surface area contributed by atoms with Crippen LogP contribution in [0.4, 0.5) is 0 Å². The van der Waals surface area contributed by atoms with Crippen LogP contribution in [0.1, 0.15) is 43.7 Å². The molecule has 6 heteroatoms. The summed E-state index contributed by atoms with van der Waals surface area (Å²) in [5.74, 6) is 3.55. The fourth-order valence-corrected chi connectivity index (χ4v) is 7.76. The Hall–Kier alpha value is -6.01. The SMILES string of the molecule is COc1ccc(C2=C3C(=C4C(=O)c5cc(OC)ccc5C=C4C3(c3ccc(OC)cc3)c3ccc(OC)cc3)c3cc(OC)ccc32)cc1. The maximum Gasteiger partial charge on any atom is 0.194 e. The van der Waals surface area contributed by atoms with Crippen LogP contribution >= 0.6 is 0 Å². The van der Waals surface area contributed by atoms with Crippen molar-refractivity contribution in [1.29, 1.82) is 0 Å². The van der Waals surface area contributed by atoms with Gasteiger partial charge in [-0.25, -0.2) is 0 Å². The van der Waals surface area contributed by atoms with E-state index in [4.69, 9.17) is 23.7 Å². The van der Waals surface area contributed by atoms with Crippen LogP contribution < -0.4 is 23.7 Å². The van der Waals surface area contributed by atoms with Gasteiger partial charge in [0.2, 0.25) is 0 Å². The van der Waals surface area contributed by atoms with Crippen LogP contribution in [0.2, 0.25) is 0 Å². The van der Waals surface area contributed by atoms with Crippen LogP contribution in [-0.4, -0.2) is 41.3 Å². The number of carbonyl (C=O) groups excluding carboxylic acids is 1. The standard InChI is InChI=1S/C43H34O6/c1-45-29-13-6-25(7-14-29)38-34-21-20-33(49-5)24-36(34)39-40-37(22-26-8-15-32(48-4)23-35(26)42(40)44)43(41(38)39,27-9-16-30(46-2)17-10-27)28-11-18-31(47-3)19-12-28/h6-24H,1-5H3. The molecule has 0 aromatic heterocycles. The van der Waals surface area contributed by atoms with Crippen molar-refractivity contribution in [1.82, 2.24) is 0 Å². The molecule has 3 aliphatic carbocycles. The Morgan fingerprint density at radius 2 is 0.918 bits per heavy atom. The fraction of sp³-hybridized carbons (Fsp3) is 0.140. The molecule has 0 bridgehead atoms. The van der Waals surface area contributed by atoms with Crippen molar-refractivity contribution in [2.45, 2.75) is 5.41 Å². The molecular formula is C43H34O6. The van der Waals surface area contributed by atoms with Gasteiger partial charge < -0.3 is 23.7 Å². The molecule has 0 heterocycles. The average Bonchev–Trinajstić information content (AvgIpc) is 3.65. The molecule has 3 aliphatic rings. The van der Waals surface area contributed by atoms with E-state index in [1.54, 1.807) is 35.5 Å². The summed E-state index contributed by atoms with van der Waals surface area (Å²) in [6, 6.07) is 36.4. The van der Waals surface area contributed by atoms with Gasteiger partial charge >= 0.3 is 0 Å². The van der Waals surface area contributed by atoms with E-state index in [1.807, 2.05) is 60.7 Å². The number of ketones is 1. The molecule has 0 spiro atoms. The van der Waals surface area contributed by atoms with E-state index in [9.17, 15) is 0 Å².